The number of thiol groups is 1. The molecule has 4 heteroatoms. The average molecular weight is 116 g/mol. The molecule has 0 aliphatic heterocycles. The van der Waals surface area contributed by atoms with Crippen molar-refractivity contribution in [1.82, 2.24) is 10.4 Å². The van der Waals surface area contributed by atoms with Gasteiger partial charge in [0.15, 0.2) is 0 Å². The summed E-state index contributed by atoms with van der Waals surface area (Å²) in [6, 6.07) is 0. The Morgan fingerprint density at radius 3 is 2.57 bits per heavy atom. The van der Waals surface area contributed by atoms with Gasteiger partial charge >= 0.3 is 0 Å². The molecule has 3 nitrogen and oxygen atoms in total. The van der Waals surface area contributed by atoms with E-state index in [4.69, 9.17) is 0 Å². The molecule has 1 heterocycles. The van der Waals surface area contributed by atoms with Gasteiger partial charge in [0.1, 0.15) is 5.69 Å². The van der Waals surface area contributed by atoms with Crippen LogP contribution in [0.15, 0.2) is 9.62 Å². The topological polar surface area (TPSA) is 38.9 Å². The number of aryl methyl sites for hydroxylation is 1. The number of rotatable bonds is 0. The fourth-order valence-electron chi connectivity index (χ4n) is 0.229. The Hall–Kier alpha value is -0.510. The van der Waals surface area contributed by atoms with Crippen LogP contribution in [-0.2, 0) is 0 Å². The lowest BCUT2D eigenvalue weighted by Gasteiger charge is -1.71. The van der Waals surface area contributed by atoms with Gasteiger partial charge in [0.05, 0.1) is 0 Å². The second kappa shape index (κ2) is 1.54. The minimum Gasteiger partial charge on any atom is -0.330 e. The molecule has 0 bridgehead atoms. The predicted octanol–water partition coefficient (Wildman–Crippen LogP) is 0.667. The van der Waals surface area contributed by atoms with Crippen LogP contribution in [0.1, 0.15) is 5.69 Å². The summed E-state index contributed by atoms with van der Waals surface area (Å²) >= 11 is 3.86. The van der Waals surface area contributed by atoms with Gasteiger partial charge in [0.2, 0.25) is 5.09 Å². The summed E-state index contributed by atoms with van der Waals surface area (Å²) in [5.74, 6) is 0. The molecule has 0 atom stereocenters. The van der Waals surface area contributed by atoms with Gasteiger partial charge in [-0.3, -0.25) is 0 Å². The maximum atomic E-state index is 4.47. The highest BCUT2D eigenvalue weighted by Crippen LogP contribution is 2.05. The lowest BCUT2D eigenvalue weighted by molar-refractivity contribution is 0.332. The van der Waals surface area contributed by atoms with Crippen molar-refractivity contribution in [3.8, 4) is 0 Å². The molecular weight excluding hydrogens is 112 g/mol. The highest BCUT2D eigenvalue weighted by Gasteiger charge is 1.94. The third kappa shape index (κ3) is 0.742. The van der Waals surface area contributed by atoms with Crippen LogP contribution in [0.5, 0.6) is 0 Å². The molecule has 0 aromatic carbocycles. The lowest BCUT2D eigenvalue weighted by Crippen LogP contribution is -1.67. The Bertz CT molecular complexity index is 145. The van der Waals surface area contributed by atoms with E-state index in [-0.39, 0.29) is 0 Å². The standard InChI is InChI=1S/C3H4N2OS/c1-2-3(7)6-5-4-2/h7H,1H3. The first-order chi connectivity index (χ1) is 3.30. The molecular formula is C3H4N2OS. The van der Waals surface area contributed by atoms with E-state index in [9.17, 15) is 0 Å². The van der Waals surface area contributed by atoms with Crippen LogP contribution in [0, 0.1) is 6.92 Å². The summed E-state index contributed by atoms with van der Waals surface area (Å²) in [6.45, 7) is 1.78. The summed E-state index contributed by atoms with van der Waals surface area (Å²) in [4.78, 5) is 0. The zero-order valence-corrected chi connectivity index (χ0v) is 4.64. The van der Waals surface area contributed by atoms with Crippen molar-refractivity contribution in [3.05, 3.63) is 5.69 Å². The highest BCUT2D eigenvalue weighted by atomic mass is 32.1. The van der Waals surface area contributed by atoms with Crippen LogP contribution in [0.4, 0.5) is 0 Å². The second-order valence-electron chi connectivity index (χ2n) is 1.16. The predicted molar refractivity (Wildman–Crippen MR) is 26.3 cm³/mol. The van der Waals surface area contributed by atoms with Gasteiger partial charge in [-0.1, -0.05) is 0 Å². The Labute approximate surface area is 46.1 Å². The highest BCUT2D eigenvalue weighted by molar-refractivity contribution is 7.80. The summed E-state index contributed by atoms with van der Waals surface area (Å²) < 4.78 is 4.47. The Kier molecular flexibility index (Phi) is 1.02. The monoisotopic (exact) mass is 116 g/mol. The van der Waals surface area contributed by atoms with E-state index in [0.717, 1.165) is 5.69 Å². The van der Waals surface area contributed by atoms with E-state index in [1.807, 2.05) is 0 Å². The fraction of sp³-hybridized carbons (Fsp3) is 0.333. The number of hydrogen-bond donors (Lipinski definition) is 1. The van der Waals surface area contributed by atoms with Gasteiger partial charge in [0.25, 0.3) is 0 Å². The molecule has 1 aromatic rings. The molecule has 0 amide bonds. The number of nitrogens with zero attached hydrogens (tertiary/aromatic N) is 2. The maximum absolute atomic E-state index is 4.47. The van der Waals surface area contributed by atoms with Crippen molar-refractivity contribution in [1.29, 1.82) is 0 Å². The molecule has 0 N–H and O–H groups in total. The van der Waals surface area contributed by atoms with Crippen molar-refractivity contribution in [2.45, 2.75) is 12.0 Å². The van der Waals surface area contributed by atoms with Gasteiger partial charge in [-0.15, -0.1) is 17.7 Å². The third-order valence-corrected chi connectivity index (χ3v) is 1.03. The summed E-state index contributed by atoms with van der Waals surface area (Å²) in [6.07, 6.45) is 0. The number of hydrogen-bond acceptors (Lipinski definition) is 4. The van der Waals surface area contributed by atoms with E-state index in [2.05, 4.69) is 27.5 Å². The van der Waals surface area contributed by atoms with Crippen LogP contribution < -0.4 is 0 Å². The Balaban J connectivity index is 3.12. The third-order valence-electron chi connectivity index (χ3n) is 0.628. The Morgan fingerprint density at radius 2 is 2.43 bits per heavy atom. The van der Waals surface area contributed by atoms with E-state index < -0.39 is 0 Å². The first kappa shape index (κ1) is 4.64. The minimum atomic E-state index is 0.486. The molecule has 0 saturated carbocycles. The zero-order chi connectivity index (χ0) is 5.28. The zero-order valence-electron chi connectivity index (χ0n) is 3.75. The van der Waals surface area contributed by atoms with Crippen LogP contribution in [0.2, 0.25) is 0 Å². The van der Waals surface area contributed by atoms with E-state index in [1.165, 1.54) is 0 Å². The molecule has 1 rings (SSSR count). The fourth-order valence-corrected chi connectivity index (χ4v) is 0.310. The minimum absolute atomic E-state index is 0.486. The molecule has 0 saturated heterocycles. The first-order valence-electron chi connectivity index (χ1n) is 1.78. The van der Waals surface area contributed by atoms with E-state index in [0.29, 0.717) is 5.09 Å². The largest absolute Gasteiger partial charge is 0.330 e. The van der Waals surface area contributed by atoms with Gasteiger partial charge < -0.3 is 4.52 Å². The maximum Gasteiger partial charge on any atom is 0.213 e. The second-order valence-corrected chi connectivity index (χ2v) is 1.57. The van der Waals surface area contributed by atoms with Gasteiger partial charge in [-0.2, -0.15) is 0 Å². The lowest BCUT2D eigenvalue weighted by atomic mass is 10.6. The molecule has 0 spiro atoms. The van der Waals surface area contributed by atoms with Crippen LogP contribution in [0.25, 0.3) is 0 Å². The average Bonchev–Trinajstić information content (AvgIpc) is 1.91. The van der Waals surface area contributed by atoms with E-state index >= 15 is 0 Å². The molecule has 1 aromatic heterocycles. The summed E-state index contributed by atoms with van der Waals surface area (Å²) in [7, 11) is 0. The molecule has 7 heavy (non-hydrogen) atoms. The molecule has 0 aliphatic rings. The van der Waals surface area contributed by atoms with E-state index in [1.54, 1.807) is 6.92 Å². The normalized spacial score (nSPS) is 9.43. The van der Waals surface area contributed by atoms with Gasteiger partial charge in [-0.05, 0) is 6.92 Å². The summed E-state index contributed by atoms with van der Waals surface area (Å²) in [5, 5.41) is 7.23. The number of aromatic nitrogens is 2. The van der Waals surface area contributed by atoms with Crippen LogP contribution in [0.3, 0.4) is 0 Å². The molecule has 0 unspecified atom stereocenters. The first-order valence-corrected chi connectivity index (χ1v) is 2.23. The molecule has 38 valence electrons. The SMILES string of the molecule is Cc1nnoc1S. The van der Waals surface area contributed by atoms with Crippen molar-refractivity contribution in [2.24, 2.45) is 0 Å². The summed E-state index contributed by atoms with van der Waals surface area (Å²) in [5.41, 5.74) is 0.725. The molecule has 0 aliphatic carbocycles. The van der Waals surface area contributed by atoms with Crippen LogP contribution in [-0.4, -0.2) is 10.4 Å². The van der Waals surface area contributed by atoms with Crippen molar-refractivity contribution < 1.29 is 4.52 Å². The van der Waals surface area contributed by atoms with Crippen molar-refractivity contribution >= 4 is 12.6 Å². The quantitative estimate of drug-likeness (QED) is 0.506. The van der Waals surface area contributed by atoms with Crippen molar-refractivity contribution in [2.75, 3.05) is 0 Å². The van der Waals surface area contributed by atoms with Gasteiger partial charge in [-0.25, -0.2) is 0 Å². The van der Waals surface area contributed by atoms with Crippen LogP contribution >= 0.6 is 12.6 Å². The smallest absolute Gasteiger partial charge is 0.213 e. The molecule has 0 radical (unpaired) electrons. The molecule has 0 fully saturated rings. The Morgan fingerprint density at radius 1 is 1.71 bits per heavy atom. The van der Waals surface area contributed by atoms with Gasteiger partial charge in [0, 0.05) is 5.27 Å². The van der Waals surface area contributed by atoms with Crippen molar-refractivity contribution in [3.63, 3.8) is 0 Å².